The molecule has 0 saturated heterocycles. The first kappa shape index (κ1) is 17.3. The van der Waals surface area contributed by atoms with E-state index in [1.165, 1.54) is 18.6 Å². The number of anilines is 1. The van der Waals surface area contributed by atoms with Gasteiger partial charge in [0.05, 0.1) is 11.3 Å². The number of ether oxygens (including phenoxy) is 2. The van der Waals surface area contributed by atoms with Crippen LogP contribution in [0.15, 0.2) is 42.5 Å². The number of benzene rings is 2. The monoisotopic (exact) mass is 368 g/mol. The van der Waals surface area contributed by atoms with Gasteiger partial charge in [0.1, 0.15) is 0 Å². The molecule has 7 heteroatoms. The van der Waals surface area contributed by atoms with Crippen molar-refractivity contribution in [3.05, 3.63) is 58.1 Å². The highest BCUT2D eigenvalue weighted by Gasteiger charge is 2.42. The van der Waals surface area contributed by atoms with Crippen LogP contribution in [-0.4, -0.2) is 16.6 Å². The van der Waals surface area contributed by atoms with Crippen molar-refractivity contribution in [2.45, 2.75) is 44.3 Å². The van der Waals surface area contributed by atoms with Crippen molar-refractivity contribution in [3.8, 4) is 11.5 Å². The lowest BCUT2D eigenvalue weighted by atomic mass is 9.94. The van der Waals surface area contributed by atoms with Gasteiger partial charge >= 0.3 is 0 Å². The topological polar surface area (TPSA) is 90.7 Å². The third kappa shape index (κ3) is 3.72. The zero-order valence-electron chi connectivity index (χ0n) is 14.8. The van der Waals surface area contributed by atoms with Gasteiger partial charge in [-0.25, -0.2) is 0 Å². The number of nitro benzene ring substituents is 1. The van der Waals surface area contributed by atoms with Crippen LogP contribution in [0, 0.1) is 10.1 Å². The standard InChI is InChI=1S/C20H20N2O5/c23-19(12-14-4-7-16(8-5-14)22(24)25)21-15-6-9-17-18(13-15)27-20(26-17)10-2-1-3-11-20/h4-9,13H,1-3,10-12H2,(H,21,23). The molecule has 1 saturated carbocycles. The van der Waals surface area contributed by atoms with Crippen molar-refractivity contribution in [1.82, 2.24) is 0 Å². The Morgan fingerprint density at radius 2 is 1.74 bits per heavy atom. The van der Waals surface area contributed by atoms with Gasteiger partial charge in [-0.1, -0.05) is 18.6 Å². The van der Waals surface area contributed by atoms with E-state index in [2.05, 4.69) is 5.32 Å². The van der Waals surface area contributed by atoms with Crippen LogP contribution in [0.5, 0.6) is 11.5 Å². The lowest BCUT2D eigenvalue weighted by Gasteiger charge is -2.31. The van der Waals surface area contributed by atoms with E-state index in [4.69, 9.17) is 9.47 Å². The molecule has 0 aromatic heterocycles. The number of carbonyl (C=O) groups excluding carboxylic acids is 1. The third-order valence-electron chi connectivity index (χ3n) is 4.95. The smallest absolute Gasteiger partial charge is 0.269 e. The Balaban J connectivity index is 1.40. The van der Waals surface area contributed by atoms with E-state index >= 15 is 0 Å². The molecule has 1 spiro atoms. The van der Waals surface area contributed by atoms with Crippen LogP contribution in [0.4, 0.5) is 11.4 Å². The molecule has 0 unspecified atom stereocenters. The Morgan fingerprint density at radius 3 is 2.44 bits per heavy atom. The maximum absolute atomic E-state index is 12.3. The summed E-state index contributed by atoms with van der Waals surface area (Å²) in [4.78, 5) is 22.5. The maximum Gasteiger partial charge on any atom is 0.269 e. The van der Waals surface area contributed by atoms with Crippen LogP contribution < -0.4 is 14.8 Å². The van der Waals surface area contributed by atoms with Gasteiger partial charge in [0.15, 0.2) is 11.5 Å². The number of hydrogen-bond acceptors (Lipinski definition) is 5. The molecular weight excluding hydrogens is 348 g/mol. The van der Waals surface area contributed by atoms with Crippen LogP contribution in [0.25, 0.3) is 0 Å². The molecule has 2 aromatic rings. The molecule has 0 bridgehead atoms. The van der Waals surface area contributed by atoms with Gasteiger partial charge in [-0.05, 0) is 30.5 Å². The Morgan fingerprint density at radius 1 is 1.04 bits per heavy atom. The molecule has 140 valence electrons. The third-order valence-corrected chi connectivity index (χ3v) is 4.95. The number of nitrogens with zero attached hydrogens (tertiary/aromatic N) is 1. The summed E-state index contributed by atoms with van der Waals surface area (Å²) in [5.41, 5.74) is 1.35. The highest BCUT2D eigenvalue weighted by molar-refractivity contribution is 5.92. The average molecular weight is 368 g/mol. The molecule has 1 N–H and O–H groups in total. The summed E-state index contributed by atoms with van der Waals surface area (Å²) in [6.45, 7) is 0. The molecular formula is C20H20N2O5. The molecule has 2 aliphatic rings. The fourth-order valence-electron chi connectivity index (χ4n) is 3.59. The summed E-state index contributed by atoms with van der Waals surface area (Å²) in [6.07, 6.45) is 5.28. The van der Waals surface area contributed by atoms with Gasteiger partial charge in [0.25, 0.3) is 11.5 Å². The van der Waals surface area contributed by atoms with E-state index in [0.29, 0.717) is 22.7 Å². The zero-order valence-corrected chi connectivity index (χ0v) is 14.8. The normalized spacial score (nSPS) is 16.9. The number of nitro groups is 1. The predicted molar refractivity (Wildman–Crippen MR) is 98.9 cm³/mol. The van der Waals surface area contributed by atoms with Crippen molar-refractivity contribution in [2.75, 3.05) is 5.32 Å². The fraction of sp³-hybridized carbons (Fsp3) is 0.350. The van der Waals surface area contributed by atoms with Gasteiger partial charge in [-0.2, -0.15) is 0 Å². The lowest BCUT2D eigenvalue weighted by molar-refractivity contribution is -0.384. The summed E-state index contributed by atoms with van der Waals surface area (Å²) in [5, 5.41) is 13.5. The number of hydrogen-bond donors (Lipinski definition) is 1. The highest BCUT2D eigenvalue weighted by atomic mass is 16.7. The average Bonchev–Trinajstić information content (AvgIpc) is 2.99. The van der Waals surface area contributed by atoms with Crippen LogP contribution >= 0.6 is 0 Å². The molecule has 1 fully saturated rings. The van der Waals surface area contributed by atoms with Crippen LogP contribution in [0.2, 0.25) is 0 Å². The summed E-state index contributed by atoms with van der Waals surface area (Å²) in [5.74, 6) is 0.632. The minimum absolute atomic E-state index is 0.00608. The van der Waals surface area contributed by atoms with Gasteiger partial charge in [0.2, 0.25) is 5.91 Å². The maximum atomic E-state index is 12.3. The van der Waals surface area contributed by atoms with Crippen molar-refractivity contribution in [3.63, 3.8) is 0 Å². The Labute approximate surface area is 156 Å². The van der Waals surface area contributed by atoms with E-state index < -0.39 is 10.7 Å². The first-order chi connectivity index (χ1) is 13.0. The first-order valence-corrected chi connectivity index (χ1v) is 9.08. The van der Waals surface area contributed by atoms with Crippen molar-refractivity contribution in [1.29, 1.82) is 0 Å². The molecule has 1 amide bonds. The predicted octanol–water partition coefficient (Wildman–Crippen LogP) is 4.21. The molecule has 1 heterocycles. The second kappa shape index (κ2) is 6.90. The number of fused-ring (bicyclic) bond motifs is 1. The van der Waals surface area contributed by atoms with Crippen molar-refractivity contribution in [2.24, 2.45) is 0 Å². The second-order valence-corrected chi connectivity index (χ2v) is 6.99. The van der Waals surface area contributed by atoms with E-state index in [-0.39, 0.29) is 18.0 Å². The Bertz CT molecular complexity index is 872. The Kier molecular flexibility index (Phi) is 4.43. The van der Waals surface area contributed by atoms with Crippen LogP contribution in [0.3, 0.4) is 0 Å². The molecule has 4 rings (SSSR count). The van der Waals surface area contributed by atoms with Gasteiger partial charge in [0, 0.05) is 36.7 Å². The number of non-ortho nitro benzene ring substituents is 1. The van der Waals surface area contributed by atoms with E-state index in [1.807, 2.05) is 6.07 Å². The van der Waals surface area contributed by atoms with E-state index in [0.717, 1.165) is 25.7 Å². The number of rotatable bonds is 4. The summed E-state index contributed by atoms with van der Waals surface area (Å²) >= 11 is 0. The van der Waals surface area contributed by atoms with Gasteiger partial charge in [-0.3, -0.25) is 14.9 Å². The lowest BCUT2D eigenvalue weighted by Crippen LogP contribution is -2.40. The first-order valence-electron chi connectivity index (χ1n) is 9.08. The van der Waals surface area contributed by atoms with Crippen LogP contribution in [0.1, 0.15) is 37.7 Å². The summed E-state index contributed by atoms with van der Waals surface area (Å²) in [6, 6.07) is 11.4. The number of carbonyl (C=O) groups is 1. The summed E-state index contributed by atoms with van der Waals surface area (Å²) in [7, 11) is 0. The van der Waals surface area contributed by atoms with E-state index in [9.17, 15) is 14.9 Å². The molecule has 27 heavy (non-hydrogen) atoms. The van der Waals surface area contributed by atoms with Crippen LogP contribution in [-0.2, 0) is 11.2 Å². The molecule has 7 nitrogen and oxygen atoms in total. The molecule has 1 aliphatic heterocycles. The minimum atomic E-state index is -0.540. The largest absolute Gasteiger partial charge is 0.448 e. The number of nitrogens with one attached hydrogen (secondary N) is 1. The van der Waals surface area contributed by atoms with Crippen molar-refractivity contribution < 1.29 is 19.2 Å². The molecule has 0 atom stereocenters. The van der Waals surface area contributed by atoms with E-state index in [1.54, 1.807) is 24.3 Å². The molecule has 0 radical (unpaired) electrons. The number of amides is 1. The molecule has 1 aliphatic carbocycles. The summed E-state index contributed by atoms with van der Waals surface area (Å²) < 4.78 is 12.1. The zero-order chi connectivity index (χ0) is 18.9. The van der Waals surface area contributed by atoms with Gasteiger partial charge < -0.3 is 14.8 Å². The highest BCUT2D eigenvalue weighted by Crippen LogP contribution is 2.46. The SMILES string of the molecule is O=C(Cc1ccc([N+](=O)[O-])cc1)Nc1ccc2c(c1)OC1(CCCCC1)O2. The Hall–Kier alpha value is -3.09. The fourth-order valence-corrected chi connectivity index (χ4v) is 3.59. The minimum Gasteiger partial charge on any atom is -0.448 e. The van der Waals surface area contributed by atoms with Gasteiger partial charge in [-0.15, -0.1) is 0 Å². The quantitative estimate of drug-likeness (QED) is 0.645. The second-order valence-electron chi connectivity index (χ2n) is 6.99. The molecule has 2 aromatic carbocycles. The van der Waals surface area contributed by atoms with Crippen molar-refractivity contribution >= 4 is 17.3 Å².